The highest BCUT2D eigenvalue weighted by atomic mass is 31.2. The van der Waals surface area contributed by atoms with E-state index in [1.165, 1.54) is 29.7 Å². The Morgan fingerprint density at radius 1 is 0.554 bits per heavy atom. The van der Waals surface area contributed by atoms with Crippen molar-refractivity contribution in [1.82, 2.24) is 10.2 Å². The van der Waals surface area contributed by atoms with Crippen molar-refractivity contribution < 1.29 is 32.7 Å². The van der Waals surface area contributed by atoms with Crippen molar-refractivity contribution in [3.8, 4) is 17.2 Å². The third kappa shape index (κ3) is 12.6. The summed E-state index contributed by atoms with van der Waals surface area (Å²) < 4.78 is 55.2. The van der Waals surface area contributed by atoms with Gasteiger partial charge in [-0.25, -0.2) is 0 Å². The zero-order valence-electron chi connectivity index (χ0n) is 41.8. The quantitative estimate of drug-likeness (QED) is 0.220. The number of carbonyl (C=O) groups excluding carboxylic acids is 1. The number of hydrogen-bond donors (Lipinski definition) is 1. The number of anilines is 1. The highest BCUT2D eigenvalue weighted by Crippen LogP contribution is 2.62. The van der Waals surface area contributed by atoms with Gasteiger partial charge in [-0.2, -0.15) is 0 Å². The smallest absolute Gasteiger partial charge is 0.254 e. The molecule has 1 N–H and O–H groups in total. The number of hydrogen-bond acceptors (Lipinski definition) is 9. The van der Waals surface area contributed by atoms with E-state index >= 15 is 0 Å². The number of amides is 1. The monoisotopic (exact) mass is 952 g/mol. The van der Waals surface area contributed by atoms with Gasteiger partial charge in [0, 0.05) is 110 Å². The van der Waals surface area contributed by atoms with E-state index in [2.05, 4.69) is 96.8 Å². The average molecular weight is 952 g/mol. The minimum Gasteiger partial charge on any atom is -0.496 e. The Bertz CT molecular complexity index is 2270. The molecule has 0 aromatic heterocycles. The Morgan fingerprint density at radius 2 is 0.969 bits per heavy atom. The lowest BCUT2D eigenvalue weighted by molar-refractivity contribution is 0.0769. The number of carbonyl (C=O) groups is 1. The van der Waals surface area contributed by atoms with Crippen LogP contribution in [0.4, 0.5) is 5.69 Å². The summed E-state index contributed by atoms with van der Waals surface area (Å²) in [7, 11) is -1.01. The Balaban J connectivity index is 0.000000163. The zero-order chi connectivity index (χ0) is 47.6. The van der Waals surface area contributed by atoms with Gasteiger partial charge in [0.25, 0.3) is 5.91 Å². The normalized spacial score (nSPS) is 20.6. The van der Waals surface area contributed by atoms with E-state index in [1.807, 2.05) is 35.2 Å². The molecular weight excluding hydrogens is 872 g/mol. The summed E-state index contributed by atoms with van der Waals surface area (Å²) in [6, 6.07) is 18.4. The average Bonchev–Trinajstić information content (AvgIpc) is 4.20. The summed E-state index contributed by atoms with van der Waals surface area (Å²) in [5.74, 6) is 2.60. The topological polar surface area (TPSA) is 114 Å². The lowest BCUT2D eigenvalue weighted by atomic mass is 9.85. The molecule has 2 aliphatic carbocycles. The number of benzene rings is 3. The van der Waals surface area contributed by atoms with Gasteiger partial charge < -0.3 is 43.0 Å². The Morgan fingerprint density at radius 3 is 1.42 bits per heavy atom. The number of rotatable bonds is 8. The molecule has 5 fully saturated rings. The van der Waals surface area contributed by atoms with E-state index in [-0.39, 0.29) is 22.2 Å². The fraction of sp³-hybridized carbons (Fsp3) is 0.635. The minimum atomic E-state index is -2.22. The summed E-state index contributed by atoms with van der Waals surface area (Å²) in [6.07, 6.45) is 9.32. The molecule has 5 aliphatic rings. The van der Waals surface area contributed by atoms with Gasteiger partial charge in [0.05, 0.1) is 35.6 Å². The fourth-order valence-corrected chi connectivity index (χ4v) is 18.5. The van der Waals surface area contributed by atoms with Gasteiger partial charge in [0.1, 0.15) is 24.4 Å². The SMILES string of the molecule is COc1cc(C(=O)N2CCP(=O)(C3CC3)CC2)ccc1C(C)(C)C.COc1cc(N2CCP(=O)(C3CC3)CC2)ccc1C(C)(C)C.COc1cc(P2(=O)CCNCC2)ccc1C(C)(C)C. The maximum Gasteiger partial charge on any atom is 0.254 e. The molecule has 0 spiro atoms. The van der Waals surface area contributed by atoms with Crippen LogP contribution < -0.4 is 29.7 Å². The van der Waals surface area contributed by atoms with Crippen LogP contribution in [-0.2, 0) is 29.9 Å². The van der Waals surface area contributed by atoms with Crippen LogP contribution >= 0.6 is 21.4 Å². The molecule has 65 heavy (non-hydrogen) atoms. The van der Waals surface area contributed by atoms with E-state index in [4.69, 9.17) is 14.2 Å². The van der Waals surface area contributed by atoms with Crippen LogP contribution in [0, 0.1) is 0 Å². The van der Waals surface area contributed by atoms with Crippen molar-refractivity contribution in [2.24, 2.45) is 0 Å². The Labute approximate surface area is 391 Å². The summed E-state index contributed by atoms with van der Waals surface area (Å²) in [5, 5.41) is 4.24. The van der Waals surface area contributed by atoms with E-state index < -0.39 is 21.4 Å². The molecule has 2 saturated carbocycles. The molecule has 0 unspecified atom stereocenters. The second kappa shape index (κ2) is 20.3. The van der Waals surface area contributed by atoms with Crippen LogP contribution in [0.5, 0.6) is 17.2 Å². The van der Waals surface area contributed by atoms with Gasteiger partial charge in [-0.15, -0.1) is 0 Å². The highest BCUT2D eigenvalue weighted by Gasteiger charge is 2.44. The standard InChI is InChI=1S/C19H28NO3P.C18H28NO2P.C15H24NO2P/c1-19(2,3)16-8-5-14(13-17(16)23-4)18(21)20-9-11-24(22,12-10-20)15-6-7-15;1-18(2,3)16-8-5-14(13-17(16)21-4)19-9-11-22(20,12-10-19)15-6-7-15;1-15(2,3)13-6-5-12(11-14(13)18-4)19(17)9-7-16-8-10-19/h5,8,13,15H,6-7,9-12H2,1-4H3;5,8,13,15H,6-7,9-12H2,1-4H3;5-6,11,16H,7-10H2,1-4H3. The van der Waals surface area contributed by atoms with E-state index in [0.717, 1.165) is 91.8 Å². The third-order valence-electron chi connectivity index (χ3n) is 14.1. The van der Waals surface area contributed by atoms with Crippen molar-refractivity contribution in [1.29, 1.82) is 0 Å². The van der Waals surface area contributed by atoms with E-state index in [0.29, 0.717) is 42.3 Å². The minimum absolute atomic E-state index is 0.0239. The van der Waals surface area contributed by atoms with Gasteiger partial charge in [-0.1, -0.05) is 86.6 Å². The van der Waals surface area contributed by atoms with Crippen LogP contribution in [0.1, 0.15) is 115 Å². The van der Waals surface area contributed by atoms with E-state index in [1.54, 1.807) is 21.3 Å². The molecular formula is C52H80N3O7P3. The summed E-state index contributed by atoms with van der Waals surface area (Å²) in [5.41, 5.74) is 6.45. The molecule has 0 bridgehead atoms. The lowest BCUT2D eigenvalue weighted by Gasteiger charge is -2.34. The van der Waals surface area contributed by atoms with Crippen LogP contribution in [0.25, 0.3) is 0 Å². The van der Waals surface area contributed by atoms with Crippen LogP contribution in [-0.4, -0.2) is 120 Å². The van der Waals surface area contributed by atoms with Crippen molar-refractivity contribution in [2.75, 3.05) is 102 Å². The zero-order valence-corrected chi connectivity index (χ0v) is 44.4. The molecule has 0 radical (unpaired) electrons. The van der Waals surface area contributed by atoms with Gasteiger partial charge >= 0.3 is 0 Å². The van der Waals surface area contributed by atoms with Crippen LogP contribution in [0.15, 0.2) is 54.6 Å². The van der Waals surface area contributed by atoms with Gasteiger partial charge in [-0.05, 0) is 82.9 Å². The molecule has 13 heteroatoms. The molecule has 8 rings (SSSR count). The van der Waals surface area contributed by atoms with Gasteiger partial charge in [0.15, 0.2) is 0 Å². The molecule has 3 aliphatic heterocycles. The largest absolute Gasteiger partial charge is 0.496 e. The van der Waals surface area contributed by atoms with E-state index in [9.17, 15) is 18.5 Å². The Kier molecular flexibility index (Phi) is 16.0. The first-order valence-electron chi connectivity index (χ1n) is 24.0. The van der Waals surface area contributed by atoms with Crippen molar-refractivity contribution >= 4 is 38.3 Å². The first-order valence-corrected chi connectivity index (χ1v) is 30.4. The number of ether oxygens (including phenoxy) is 3. The maximum absolute atomic E-state index is 13.0. The predicted octanol–water partition coefficient (Wildman–Crippen LogP) is 10.9. The predicted molar refractivity (Wildman–Crippen MR) is 274 cm³/mol. The number of nitrogens with zero attached hydrogens (tertiary/aromatic N) is 2. The highest BCUT2D eigenvalue weighted by molar-refractivity contribution is 7.71. The number of methoxy groups -OCH3 is 3. The summed E-state index contributed by atoms with van der Waals surface area (Å²) >= 11 is 0. The third-order valence-corrected chi connectivity index (χ3v) is 24.7. The molecule has 0 atom stereocenters. The van der Waals surface area contributed by atoms with Crippen LogP contribution in [0.2, 0.25) is 0 Å². The Hall–Kier alpha value is -3.02. The van der Waals surface area contributed by atoms with Gasteiger partial charge in [-0.3, -0.25) is 4.79 Å². The fourth-order valence-electron chi connectivity index (χ4n) is 9.58. The summed E-state index contributed by atoms with van der Waals surface area (Å²) in [4.78, 5) is 17.0. The van der Waals surface area contributed by atoms with Crippen molar-refractivity contribution in [3.63, 3.8) is 0 Å². The van der Waals surface area contributed by atoms with Gasteiger partial charge in [0.2, 0.25) is 0 Å². The summed E-state index contributed by atoms with van der Waals surface area (Å²) in [6.45, 7) is 24.3. The molecule has 10 nitrogen and oxygen atoms in total. The van der Waals surface area contributed by atoms with Crippen molar-refractivity contribution in [2.45, 2.75) is 116 Å². The van der Waals surface area contributed by atoms with Crippen molar-refractivity contribution in [3.05, 3.63) is 76.9 Å². The second-order valence-electron chi connectivity index (χ2n) is 22.1. The molecule has 3 saturated heterocycles. The molecule has 360 valence electrons. The first kappa shape index (κ1) is 51.4. The number of nitrogens with one attached hydrogen (secondary N) is 1. The molecule has 3 heterocycles. The van der Waals surface area contributed by atoms with Crippen LogP contribution in [0.3, 0.4) is 0 Å². The molecule has 1 amide bonds. The molecule has 3 aromatic carbocycles. The maximum atomic E-state index is 13.0. The first-order chi connectivity index (χ1) is 30.4. The molecule has 3 aromatic rings. The lowest BCUT2D eigenvalue weighted by Crippen LogP contribution is -2.40. The second-order valence-corrected chi connectivity index (χ2v) is 32.3.